The summed E-state index contributed by atoms with van der Waals surface area (Å²) in [6.07, 6.45) is 0. The van der Waals surface area contributed by atoms with E-state index in [9.17, 15) is 0 Å². The smallest absolute Gasteiger partial charge is 0.139 e. The van der Waals surface area contributed by atoms with E-state index in [1.54, 1.807) is 0 Å². The molecule has 0 aliphatic carbocycles. The van der Waals surface area contributed by atoms with E-state index in [0.29, 0.717) is 5.82 Å². The molecule has 0 aliphatic heterocycles. The van der Waals surface area contributed by atoms with Gasteiger partial charge in [0.25, 0.3) is 0 Å². The summed E-state index contributed by atoms with van der Waals surface area (Å²) in [5.74, 6) is 1.94. The highest BCUT2D eigenvalue weighted by molar-refractivity contribution is 9.11. The third-order valence-electron chi connectivity index (χ3n) is 3.06. The topological polar surface area (TPSA) is 63.8 Å². The minimum Gasteiger partial charge on any atom is -0.383 e. The van der Waals surface area contributed by atoms with Gasteiger partial charge in [0.2, 0.25) is 0 Å². The van der Waals surface area contributed by atoms with Crippen molar-refractivity contribution in [2.24, 2.45) is 0 Å². The van der Waals surface area contributed by atoms with Gasteiger partial charge in [0.05, 0.1) is 5.69 Å². The predicted molar refractivity (Wildman–Crippen MR) is 95.0 cm³/mol. The van der Waals surface area contributed by atoms with Crippen molar-refractivity contribution >= 4 is 49.2 Å². The Morgan fingerprint density at radius 1 is 1.10 bits per heavy atom. The summed E-state index contributed by atoms with van der Waals surface area (Å²) in [6, 6.07) is 5.90. The molecular weight excluding hydrogens is 396 g/mol. The zero-order valence-corrected chi connectivity index (χ0v) is 15.6. The maximum atomic E-state index is 6.03. The van der Waals surface area contributed by atoms with E-state index < -0.39 is 0 Å². The van der Waals surface area contributed by atoms with Gasteiger partial charge >= 0.3 is 0 Å². The average Bonchev–Trinajstić information content (AvgIpc) is 2.37. The van der Waals surface area contributed by atoms with Crippen molar-refractivity contribution in [2.45, 2.75) is 33.1 Å². The highest BCUT2D eigenvalue weighted by atomic mass is 79.9. The molecule has 0 amide bonds. The van der Waals surface area contributed by atoms with Crippen LogP contribution in [0.4, 0.5) is 17.3 Å². The van der Waals surface area contributed by atoms with Gasteiger partial charge in [-0.2, -0.15) is 0 Å². The molecule has 0 saturated carbocycles. The first-order chi connectivity index (χ1) is 9.70. The Morgan fingerprint density at radius 3 is 2.19 bits per heavy atom. The van der Waals surface area contributed by atoms with Gasteiger partial charge in [0, 0.05) is 19.9 Å². The van der Waals surface area contributed by atoms with Gasteiger partial charge in [0.1, 0.15) is 17.5 Å². The van der Waals surface area contributed by atoms with Crippen molar-refractivity contribution in [3.05, 3.63) is 38.5 Å². The molecule has 0 unspecified atom stereocenters. The first-order valence-corrected chi connectivity index (χ1v) is 8.14. The third-order valence-corrected chi connectivity index (χ3v) is 4.38. The lowest BCUT2D eigenvalue weighted by Crippen LogP contribution is -2.19. The Bertz CT molecular complexity index is 658. The molecule has 0 atom stereocenters. The highest BCUT2D eigenvalue weighted by Crippen LogP contribution is 2.34. The number of para-hydroxylation sites is 1. The summed E-state index contributed by atoms with van der Waals surface area (Å²) < 4.78 is 1.90. The van der Waals surface area contributed by atoms with Gasteiger partial charge in [-0.05, 0) is 50.9 Å². The van der Waals surface area contributed by atoms with Gasteiger partial charge in [-0.1, -0.05) is 26.8 Å². The Hall–Kier alpha value is -1.14. The molecule has 0 radical (unpaired) electrons. The molecule has 21 heavy (non-hydrogen) atoms. The Balaban J connectivity index is 2.52. The highest BCUT2D eigenvalue weighted by Gasteiger charge is 2.21. The summed E-state index contributed by atoms with van der Waals surface area (Å²) in [5.41, 5.74) is 7.62. The van der Waals surface area contributed by atoms with E-state index in [1.807, 2.05) is 25.1 Å². The largest absolute Gasteiger partial charge is 0.383 e. The molecule has 1 aromatic carbocycles. The predicted octanol–water partition coefficient (Wildman–Crippen LogP) is 4.93. The van der Waals surface area contributed by atoms with Crippen LogP contribution < -0.4 is 11.1 Å². The fourth-order valence-electron chi connectivity index (χ4n) is 1.73. The number of nitrogens with two attached hydrogens (primary N) is 1. The number of nitrogens with zero attached hydrogens (tertiary/aromatic N) is 2. The van der Waals surface area contributed by atoms with Crippen molar-refractivity contribution in [2.75, 3.05) is 11.1 Å². The third kappa shape index (κ3) is 3.55. The number of halogens is 2. The fraction of sp³-hybridized carbons (Fsp3) is 0.333. The fourth-order valence-corrected chi connectivity index (χ4v) is 2.92. The molecule has 0 fully saturated rings. The van der Waals surface area contributed by atoms with Crippen LogP contribution in [0.15, 0.2) is 27.1 Å². The maximum Gasteiger partial charge on any atom is 0.139 e. The lowest BCUT2D eigenvalue weighted by molar-refractivity contribution is 0.546. The molecule has 3 N–H and O–H groups in total. The van der Waals surface area contributed by atoms with Gasteiger partial charge in [-0.25, -0.2) is 9.97 Å². The number of aromatic nitrogens is 2. The Morgan fingerprint density at radius 2 is 1.67 bits per heavy atom. The first-order valence-electron chi connectivity index (χ1n) is 6.56. The standard InChI is InChI=1S/C15H18Br2N4/c1-8-12(18)20-14(15(2,3)4)21-13(8)19-11-9(16)6-5-7-10(11)17/h5-7H,1-4H3,(H3,18,19,20,21). The summed E-state index contributed by atoms with van der Waals surface area (Å²) in [5, 5.41) is 3.34. The summed E-state index contributed by atoms with van der Waals surface area (Å²) in [6.45, 7) is 8.11. The SMILES string of the molecule is Cc1c(N)nc(C(C)(C)C)nc1Nc1c(Br)cccc1Br. The summed E-state index contributed by atoms with van der Waals surface area (Å²) in [7, 11) is 0. The van der Waals surface area contributed by atoms with Crippen LogP contribution in [0.1, 0.15) is 32.2 Å². The molecule has 6 heteroatoms. The van der Waals surface area contributed by atoms with Crippen LogP contribution in [0, 0.1) is 6.92 Å². The number of hydrogen-bond donors (Lipinski definition) is 2. The second-order valence-corrected chi connectivity index (χ2v) is 7.59. The van der Waals surface area contributed by atoms with Crippen molar-refractivity contribution in [3.8, 4) is 0 Å². The lowest BCUT2D eigenvalue weighted by Gasteiger charge is -2.20. The monoisotopic (exact) mass is 412 g/mol. The van der Waals surface area contributed by atoms with Crippen LogP contribution in [0.3, 0.4) is 0 Å². The number of benzene rings is 1. The first kappa shape index (κ1) is 16.2. The van der Waals surface area contributed by atoms with Gasteiger partial charge in [0.15, 0.2) is 0 Å². The molecule has 1 heterocycles. The normalized spacial score (nSPS) is 11.5. The Kier molecular flexibility index (Phi) is 4.58. The molecule has 0 bridgehead atoms. The summed E-state index contributed by atoms with van der Waals surface area (Å²) in [4.78, 5) is 9.03. The quantitative estimate of drug-likeness (QED) is 0.732. The second-order valence-electron chi connectivity index (χ2n) is 5.88. The lowest BCUT2D eigenvalue weighted by atomic mass is 9.95. The molecule has 2 rings (SSSR count). The van der Waals surface area contributed by atoms with E-state index in [4.69, 9.17) is 5.73 Å². The van der Waals surface area contributed by atoms with E-state index in [0.717, 1.165) is 31.8 Å². The van der Waals surface area contributed by atoms with Crippen LogP contribution in [0.2, 0.25) is 0 Å². The number of hydrogen-bond acceptors (Lipinski definition) is 4. The molecule has 0 aliphatic rings. The van der Waals surface area contributed by atoms with Gasteiger partial charge in [-0.3, -0.25) is 0 Å². The molecule has 2 aromatic rings. The Labute approximate surface area is 141 Å². The van der Waals surface area contributed by atoms with Crippen molar-refractivity contribution < 1.29 is 0 Å². The maximum absolute atomic E-state index is 6.03. The van der Waals surface area contributed by atoms with Crippen LogP contribution in [0.5, 0.6) is 0 Å². The zero-order valence-electron chi connectivity index (χ0n) is 12.5. The molecular formula is C15H18Br2N4. The van der Waals surface area contributed by atoms with Crippen LogP contribution in [0.25, 0.3) is 0 Å². The molecule has 4 nitrogen and oxygen atoms in total. The summed E-state index contributed by atoms with van der Waals surface area (Å²) >= 11 is 7.08. The van der Waals surface area contributed by atoms with E-state index in [2.05, 4.69) is 67.9 Å². The van der Waals surface area contributed by atoms with Crippen molar-refractivity contribution in [1.82, 2.24) is 9.97 Å². The average molecular weight is 414 g/mol. The van der Waals surface area contributed by atoms with Gasteiger partial charge in [-0.15, -0.1) is 0 Å². The number of nitrogen functional groups attached to an aromatic ring is 1. The number of anilines is 3. The van der Waals surface area contributed by atoms with Crippen LogP contribution >= 0.6 is 31.9 Å². The molecule has 112 valence electrons. The van der Waals surface area contributed by atoms with E-state index in [1.165, 1.54) is 0 Å². The van der Waals surface area contributed by atoms with Crippen molar-refractivity contribution in [3.63, 3.8) is 0 Å². The number of rotatable bonds is 2. The van der Waals surface area contributed by atoms with Crippen LogP contribution in [-0.2, 0) is 5.41 Å². The van der Waals surface area contributed by atoms with E-state index in [-0.39, 0.29) is 5.41 Å². The van der Waals surface area contributed by atoms with Crippen LogP contribution in [-0.4, -0.2) is 9.97 Å². The molecule has 0 spiro atoms. The second kappa shape index (κ2) is 5.93. The molecule has 1 aromatic heterocycles. The number of nitrogens with one attached hydrogen (secondary N) is 1. The zero-order chi connectivity index (χ0) is 15.8. The molecule has 0 saturated heterocycles. The minimum absolute atomic E-state index is 0.163. The minimum atomic E-state index is -0.163. The van der Waals surface area contributed by atoms with Gasteiger partial charge < -0.3 is 11.1 Å². The van der Waals surface area contributed by atoms with E-state index >= 15 is 0 Å². The van der Waals surface area contributed by atoms with Crippen molar-refractivity contribution in [1.29, 1.82) is 0 Å².